The van der Waals surface area contributed by atoms with Gasteiger partial charge in [0.05, 0.1) is 6.10 Å². The van der Waals surface area contributed by atoms with Crippen molar-refractivity contribution < 1.29 is 5.11 Å². The predicted octanol–water partition coefficient (Wildman–Crippen LogP) is 1.72. The fourth-order valence-corrected chi connectivity index (χ4v) is 1.15. The number of aliphatic hydroxyl groups excluding tert-OH is 1. The van der Waals surface area contributed by atoms with E-state index in [2.05, 4.69) is 5.92 Å². The van der Waals surface area contributed by atoms with E-state index in [4.69, 9.17) is 12.2 Å². The largest absolute Gasteiger partial charge is 0.399 e. The number of rotatable bonds is 3. The van der Waals surface area contributed by atoms with Gasteiger partial charge in [0.25, 0.3) is 0 Å². The van der Waals surface area contributed by atoms with Crippen molar-refractivity contribution in [1.82, 2.24) is 0 Å². The quantitative estimate of drug-likeness (QED) is 0.542. The van der Waals surface area contributed by atoms with Crippen LogP contribution in [0.3, 0.4) is 0 Å². The van der Waals surface area contributed by atoms with Gasteiger partial charge in [-0.25, -0.2) is 0 Å². The maximum Gasteiger partial charge on any atom is 0.0799 e. The Morgan fingerprint density at radius 3 is 2.92 bits per heavy atom. The van der Waals surface area contributed by atoms with Crippen LogP contribution in [0, 0.1) is 12.3 Å². The van der Waals surface area contributed by atoms with E-state index in [1.807, 2.05) is 12.1 Å². The van der Waals surface area contributed by atoms with E-state index in [-0.39, 0.29) is 0 Å². The van der Waals surface area contributed by atoms with Crippen molar-refractivity contribution in [2.24, 2.45) is 0 Å². The fraction of sp³-hybridized carbons (Fsp3) is 0.273. The number of hydrogen-bond acceptors (Lipinski definition) is 2. The number of terminal acetylenes is 1. The maximum absolute atomic E-state index is 9.62. The molecule has 0 radical (unpaired) electrons. The van der Waals surface area contributed by atoms with Gasteiger partial charge >= 0.3 is 0 Å². The van der Waals surface area contributed by atoms with Gasteiger partial charge in [0.2, 0.25) is 0 Å². The Morgan fingerprint density at radius 2 is 2.31 bits per heavy atom. The highest BCUT2D eigenvalue weighted by Crippen LogP contribution is 2.19. The first-order valence-corrected chi connectivity index (χ1v) is 4.21. The fourth-order valence-electron chi connectivity index (χ4n) is 1.15. The minimum Gasteiger partial charge on any atom is -0.399 e. The van der Waals surface area contributed by atoms with E-state index >= 15 is 0 Å². The first kappa shape index (κ1) is 9.63. The number of nitrogens with two attached hydrogens (primary N) is 1. The Balaban J connectivity index is 2.66. The van der Waals surface area contributed by atoms with Gasteiger partial charge in [-0.05, 0) is 24.1 Å². The summed E-state index contributed by atoms with van der Waals surface area (Å²) in [4.78, 5) is 0. The molecule has 68 valence electrons. The summed E-state index contributed by atoms with van der Waals surface area (Å²) in [5.74, 6) is 2.49. The first-order chi connectivity index (χ1) is 6.24. The highest BCUT2D eigenvalue weighted by Gasteiger charge is 2.05. The second-order valence-corrected chi connectivity index (χ2v) is 2.93. The molecule has 1 rings (SSSR count). The van der Waals surface area contributed by atoms with Crippen LogP contribution in [0.5, 0.6) is 0 Å². The van der Waals surface area contributed by atoms with Crippen molar-refractivity contribution in [2.75, 3.05) is 5.73 Å². The molecule has 0 heterocycles. The van der Waals surface area contributed by atoms with E-state index in [0.29, 0.717) is 18.5 Å². The molecule has 0 amide bonds. The molecule has 1 atom stereocenters. The Hall–Kier alpha value is -1.46. The zero-order chi connectivity index (χ0) is 9.68. The molecule has 3 N–H and O–H groups in total. The molecule has 2 heteroatoms. The summed E-state index contributed by atoms with van der Waals surface area (Å²) in [6.45, 7) is 0. The van der Waals surface area contributed by atoms with Crippen molar-refractivity contribution in [2.45, 2.75) is 18.9 Å². The summed E-state index contributed by atoms with van der Waals surface area (Å²) in [5.41, 5.74) is 7.07. The summed E-state index contributed by atoms with van der Waals surface area (Å²) in [5, 5.41) is 9.62. The minimum absolute atomic E-state index is 0.500. The number of hydrogen-bond donors (Lipinski definition) is 2. The molecule has 0 aromatic heterocycles. The number of benzene rings is 1. The zero-order valence-electron chi connectivity index (χ0n) is 7.40. The molecular weight excluding hydrogens is 162 g/mol. The van der Waals surface area contributed by atoms with Crippen LogP contribution in [-0.4, -0.2) is 5.11 Å². The summed E-state index contributed by atoms with van der Waals surface area (Å²) in [6.07, 6.45) is 5.76. The zero-order valence-corrected chi connectivity index (χ0v) is 7.40. The van der Waals surface area contributed by atoms with Crippen LogP contribution in [0.4, 0.5) is 5.69 Å². The lowest BCUT2D eigenvalue weighted by Crippen LogP contribution is -1.97. The highest BCUT2D eigenvalue weighted by molar-refractivity contribution is 5.41. The summed E-state index contributed by atoms with van der Waals surface area (Å²) >= 11 is 0. The lowest BCUT2D eigenvalue weighted by atomic mass is 10.0. The Morgan fingerprint density at radius 1 is 1.54 bits per heavy atom. The summed E-state index contributed by atoms with van der Waals surface area (Å²) < 4.78 is 0. The topological polar surface area (TPSA) is 46.2 Å². The third kappa shape index (κ3) is 2.81. The van der Waals surface area contributed by atoms with E-state index in [0.717, 1.165) is 5.56 Å². The van der Waals surface area contributed by atoms with Crippen LogP contribution >= 0.6 is 0 Å². The standard InChI is InChI=1S/C11H13NO/c1-2-3-7-11(13)9-5-4-6-10(12)8-9/h1,4-6,8,11,13H,3,7,12H2. The van der Waals surface area contributed by atoms with Gasteiger partial charge in [0.1, 0.15) is 0 Å². The average molecular weight is 175 g/mol. The van der Waals surface area contributed by atoms with E-state index in [1.54, 1.807) is 12.1 Å². The van der Waals surface area contributed by atoms with Crippen LogP contribution in [-0.2, 0) is 0 Å². The number of nitrogen functional groups attached to an aromatic ring is 1. The molecular formula is C11H13NO. The van der Waals surface area contributed by atoms with Crippen molar-refractivity contribution >= 4 is 5.69 Å². The van der Waals surface area contributed by atoms with Crippen molar-refractivity contribution in [3.05, 3.63) is 29.8 Å². The maximum atomic E-state index is 9.62. The number of aliphatic hydroxyl groups is 1. The van der Waals surface area contributed by atoms with Crippen molar-refractivity contribution in [3.63, 3.8) is 0 Å². The van der Waals surface area contributed by atoms with Crippen LogP contribution in [0.2, 0.25) is 0 Å². The molecule has 1 aromatic rings. The second kappa shape index (κ2) is 4.54. The van der Waals surface area contributed by atoms with E-state index in [1.165, 1.54) is 0 Å². The van der Waals surface area contributed by atoms with Crippen molar-refractivity contribution in [1.29, 1.82) is 0 Å². The molecule has 0 aliphatic heterocycles. The van der Waals surface area contributed by atoms with Gasteiger partial charge in [-0.15, -0.1) is 12.3 Å². The molecule has 0 saturated heterocycles. The van der Waals surface area contributed by atoms with Gasteiger partial charge in [-0.1, -0.05) is 12.1 Å². The van der Waals surface area contributed by atoms with Crippen LogP contribution in [0.1, 0.15) is 24.5 Å². The lowest BCUT2D eigenvalue weighted by Gasteiger charge is -2.09. The van der Waals surface area contributed by atoms with Gasteiger partial charge in [0, 0.05) is 12.1 Å². The third-order valence-corrected chi connectivity index (χ3v) is 1.86. The molecule has 13 heavy (non-hydrogen) atoms. The van der Waals surface area contributed by atoms with Gasteiger partial charge in [0.15, 0.2) is 0 Å². The Labute approximate surface area is 78.4 Å². The van der Waals surface area contributed by atoms with Crippen LogP contribution < -0.4 is 5.73 Å². The molecule has 0 saturated carbocycles. The lowest BCUT2D eigenvalue weighted by molar-refractivity contribution is 0.169. The monoisotopic (exact) mass is 175 g/mol. The normalized spacial score (nSPS) is 12.0. The summed E-state index contributed by atoms with van der Waals surface area (Å²) in [7, 11) is 0. The van der Waals surface area contributed by atoms with E-state index in [9.17, 15) is 5.11 Å². The number of anilines is 1. The average Bonchev–Trinajstić information content (AvgIpc) is 2.14. The smallest absolute Gasteiger partial charge is 0.0799 e. The molecule has 1 unspecified atom stereocenters. The highest BCUT2D eigenvalue weighted by atomic mass is 16.3. The van der Waals surface area contributed by atoms with E-state index < -0.39 is 6.10 Å². The molecule has 2 nitrogen and oxygen atoms in total. The third-order valence-electron chi connectivity index (χ3n) is 1.86. The van der Waals surface area contributed by atoms with Gasteiger partial charge in [-0.2, -0.15) is 0 Å². The Kier molecular flexibility index (Phi) is 3.36. The van der Waals surface area contributed by atoms with Gasteiger partial charge < -0.3 is 10.8 Å². The molecule has 0 aliphatic carbocycles. The molecule has 0 fully saturated rings. The molecule has 0 bridgehead atoms. The van der Waals surface area contributed by atoms with Crippen LogP contribution in [0.15, 0.2) is 24.3 Å². The second-order valence-electron chi connectivity index (χ2n) is 2.93. The predicted molar refractivity (Wildman–Crippen MR) is 53.9 cm³/mol. The summed E-state index contributed by atoms with van der Waals surface area (Å²) in [6, 6.07) is 7.22. The first-order valence-electron chi connectivity index (χ1n) is 4.21. The molecule has 1 aromatic carbocycles. The van der Waals surface area contributed by atoms with Crippen molar-refractivity contribution in [3.8, 4) is 12.3 Å². The molecule has 0 spiro atoms. The van der Waals surface area contributed by atoms with Gasteiger partial charge in [-0.3, -0.25) is 0 Å². The minimum atomic E-state index is -0.500. The Bertz CT molecular complexity index is 314. The van der Waals surface area contributed by atoms with Crippen LogP contribution in [0.25, 0.3) is 0 Å². The SMILES string of the molecule is C#CCCC(O)c1cccc(N)c1. The molecule has 0 aliphatic rings.